The van der Waals surface area contributed by atoms with Crippen molar-refractivity contribution in [2.75, 3.05) is 37.7 Å². The molecule has 43 heavy (non-hydrogen) atoms. The summed E-state index contributed by atoms with van der Waals surface area (Å²) in [6, 6.07) is 11.4. The van der Waals surface area contributed by atoms with Crippen LogP contribution in [0.15, 0.2) is 42.6 Å². The van der Waals surface area contributed by atoms with E-state index < -0.39 is 11.9 Å². The molecule has 0 radical (unpaired) electrons. The molecule has 0 bridgehead atoms. The van der Waals surface area contributed by atoms with Gasteiger partial charge >= 0.3 is 0 Å². The van der Waals surface area contributed by atoms with Crippen molar-refractivity contribution in [3.05, 3.63) is 59.3 Å². The van der Waals surface area contributed by atoms with Crippen LogP contribution in [0.4, 0.5) is 5.95 Å². The van der Waals surface area contributed by atoms with Crippen molar-refractivity contribution in [3.63, 3.8) is 0 Å². The van der Waals surface area contributed by atoms with Crippen LogP contribution in [0, 0.1) is 5.92 Å². The SMILES string of the molecule is O=C1CCC(N2Cc3cc(O[C@H]4CCN(Cc5ccc6nc(N7C[C@H]8CCO[C@H]8C7)ncc6c5)C4)ccc3C2=O)C(=O)N1. The molecule has 0 aliphatic carbocycles. The highest BCUT2D eigenvalue weighted by Crippen LogP contribution is 2.33. The quantitative estimate of drug-likeness (QED) is 0.437. The molecule has 0 spiro atoms. The molecule has 1 N–H and O–H groups in total. The van der Waals surface area contributed by atoms with Crippen LogP contribution in [0.3, 0.4) is 0 Å². The van der Waals surface area contributed by atoms with Gasteiger partial charge in [-0.15, -0.1) is 0 Å². The Morgan fingerprint density at radius 1 is 1.02 bits per heavy atom. The standard InChI is InChI=1S/C32H34N6O5/c39-29-6-5-27(30(40)35-29)38-16-22-12-23(2-3-25(22)31(38)41)43-24-7-9-36(17-24)14-19-1-4-26-21(11-19)13-33-32(34-26)37-15-20-8-10-42-28(20)18-37/h1-4,11-13,20,24,27-28H,5-10,14-18H2,(H,35,39,40)/t20-,24+,27?,28+/m1/s1. The zero-order valence-corrected chi connectivity index (χ0v) is 23.9. The van der Waals surface area contributed by atoms with Crippen LogP contribution in [0.5, 0.6) is 5.75 Å². The maximum atomic E-state index is 13.0. The first-order chi connectivity index (χ1) is 21.0. The van der Waals surface area contributed by atoms with E-state index in [-0.39, 0.29) is 24.3 Å². The van der Waals surface area contributed by atoms with E-state index in [1.54, 1.807) is 11.0 Å². The largest absolute Gasteiger partial charge is 0.489 e. The van der Waals surface area contributed by atoms with Gasteiger partial charge in [0, 0.05) is 75.4 Å². The van der Waals surface area contributed by atoms with Gasteiger partial charge in [0.15, 0.2) is 0 Å². The Morgan fingerprint density at radius 3 is 2.84 bits per heavy atom. The number of imide groups is 1. The van der Waals surface area contributed by atoms with E-state index >= 15 is 0 Å². The first kappa shape index (κ1) is 26.5. The number of rotatable bonds is 6. The Bertz CT molecular complexity index is 1620. The lowest BCUT2D eigenvalue weighted by molar-refractivity contribution is -0.136. The summed E-state index contributed by atoms with van der Waals surface area (Å²) in [7, 11) is 0. The number of nitrogens with one attached hydrogen (secondary N) is 1. The lowest BCUT2D eigenvalue weighted by Crippen LogP contribution is -2.52. The highest BCUT2D eigenvalue weighted by atomic mass is 16.5. The van der Waals surface area contributed by atoms with Gasteiger partial charge in [-0.25, -0.2) is 9.97 Å². The molecular weight excluding hydrogens is 548 g/mol. The number of carbonyl (C=O) groups excluding carboxylic acids is 3. The van der Waals surface area contributed by atoms with E-state index in [0.29, 0.717) is 30.6 Å². The molecule has 3 amide bonds. The monoisotopic (exact) mass is 582 g/mol. The van der Waals surface area contributed by atoms with Crippen molar-refractivity contribution in [2.24, 2.45) is 5.92 Å². The zero-order valence-electron chi connectivity index (χ0n) is 23.9. The second-order valence-electron chi connectivity index (χ2n) is 12.4. The maximum absolute atomic E-state index is 13.0. The van der Waals surface area contributed by atoms with Gasteiger partial charge < -0.3 is 19.3 Å². The molecule has 11 nitrogen and oxygen atoms in total. The summed E-state index contributed by atoms with van der Waals surface area (Å²) >= 11 is 0. The van der Waals surface area contributed by atoms with Gasteiger partial charge in [0.2, 0.25) is 17.8 Å². The van der Waals surface area contributed by atoms with Crippen molar-refractivity contribution in [1.82, 2.24) is 25.1 Å². The summed E-state index contributed by atoms with van der Waals surface area (Å²) in [6.07, 6.45) is 4.94. The molecule has 4 atom stereocenters. The molecule has 5 aliphatic heterocycles. The first-order valence-corrected chi connectivity index (χ1v) is 15.3. The van der Waals surface area contributed by atoms with Crippen LogP contribution in [0.25, 0.3) is 10.9 Å². The topological polar surface area (TPSA) is 117 Å². The third-order valence-electron chi connectivity index (χ3n) is 9.55. The fraction of sp³-hybridized carbons (Fsp3) is 0.469. The van der Waals surface area contributed by atoms with E-state index in [0.717, 1.165) is 80.3 Å². The number of ether oxygens (including phenoxy) is 2. The first-order valence-electron chi connectivity index (χ1n) is 15.3. The number of amides is 3. The molecule has 2 aromatic carbocycles. The van der Waals surface area contributed by atoms with Crippen LogP contribution in [-0.2, 0) is 27.4 Å². The Morgan fingerprint density at radius 2 is 1.95 bits per heavy atom. The summed E-state index contributed by atoms with van der Waals surface area (Å²) in [6.45, 7) is 5.62. The molecule has 222 valence electrons. The average molecular weight is 583 g/mol. The molecule has 5 aliphatic rings. The molecule has 6 heterocycles. The summed E-state index contributed by atoms with van der Waals surface area (Å²) in [5.41, 5.74) is 3.62. The number of fused-ring (bicyclic) bond motifs is 3. The summed E-state index contributed by atoms with van der Waals surface area (Å²) in [4.78, 5) is 52.6. The van der Waals surface area contributed by atoms with Crippen LogP contribution in [0.1, 0.15) is 47.2 Å². The normalized spacial score (nSPS) is 27.2. The van der Waals surface area contributed by atoms with Gasteiger partial charge in [0.1, 0.15) is 17.9 Å². The highest BCUT2D eigenvalue weighted by molar-refractivity contribution is 6.05. The fourth-order valence-electron chi connectivity index (χ4n) is 7.28. The van der Waals surface area contributed by atoms with Gasteiger partial charge in [-0.05, 0) is 60.7 Å². The van der Waals surface area contributed by atoms with Crippen molar-refractivity contribution in [2.45, 2.75) is 57.0 Å². The second kappa shape index (κ2) is 10.6. The second-order valence-corrected chi connectivity index (χ2v) is 12.4. The van der Waals surface area contributed by atoms with Crippen LogP contribution < -0.4 is 15.0 Å². The number of aromatic nitrogens is 2. The Kier molecular flexibility index (Phi) is 6.52. The fourth-order valence-corrected chi connectivity index (χ4v) is 7.28. The van der Waals surface area contributed by atoms with Crippen molar-refractivity contribution >= 4 is 34.6 Å². The Hall–Kier alpha value is -4.09. The number of nitrogens with zero attached hydrogens (tertiary/aromatic N) is 5. The minimum absolute atomic E-state index is 0.0525. The third kappa shape index (κ3) is 5.00. The van der Waals surface area contributed by atoms with Crippen molar-refractivity contribution in [3.8, 4) is 5.75 Å². The predicted molar refractivity (Wildman–Crippen MR) is 156 cm³/mol. The van der Waals surface area contributed by atoms with E-state index in [1.807, 2.05) is 18.3 Å². The van der Waals surface area contributed by atoms with Gasteiger partial charge in [0.25, 0.3) is 5.91 Å². The number of piperidine rings is 1. The highest BCUT2D eigenvalue weighted by Gasteiger charge is 2.40. The number of benzene rings is 2. The number of likely N-dealkylation sites (tertiary alicyclic amines) is 1. The van der Waals surface area contributed by atoms with Gasteiger partial charge in [0.05, 0.1) is 11.6 Å². The summed E-state index contributed by atoms with van der Waals surface area (Å²) in [5, 5.41) is 3.39. The third-order valence-corrected chi connectivity index (χ3v) is 9.55. The number of carbonyl (C=O) groups is 3. The minimum Gasteiger partial charge on any atom is -0.489 e. The lowest BCUT2D eigenvalue weighted by atomic mass is 10.0. The van der Waals surface area contributed by atoms with Gasteiger partial charge in [-0.2, -0.15) is 0 Å². The number of anilines is 1. The molecule has 4 saturated heterocycles. The van der Waals surface area contributed by atoms with Crippen LogP contribution in [-0.4, -0.2) is 88.5 Å². The minimum atomic E-state index is -0.617. The van der Waals surface area contributed by atoms with Crippen molar-refractivity contribution < 1.29 is 23.9 Å². The molecular formula is C32H34N6O5. The maximum Gasteiger partial charge on any atom is 0.255 e. The van der Waals surface area contributed by atoms with E-state index in [9.17, 15) is 14.4 Å². The molecule has 3 aromatic rings. The number of hydrogen-bond acceptors (Lipinski definition) is 9. The molecule has 1 aromatic heterocycles. The van der Waals surface area contributed by atoms with Crippen LogP contribution in [0.2, 0.25) is 0 Å². The van der Waals surface area contributed by atoms with Crippen molar-refractivity contribution in [1.29, 1.82) is 0 Å². The molecule has 11 heteroatoms. The van der Waals surface area contributed by atoms with E-state index in [4.69, 9.17) is 14.5 Å². The summed E-state index contributed by atoms with van der Waals surface area (Å²) in [5.74, 6) is 1.26. The smallest absolute Gasteiger partial charge is 0.255 e. The number of hydrogen-bond donors (Lipinski definition) is 1. The van der Waals surface area contributed by atoms with Crippen LogP contribution >= 0.6 is 0 Å². The van der Waals surface area contributed by atoms with Gasteiger partial charge in [-0.3, -0.25) is 24.6 Å². The van der Waals surface area contributed by atoms with E-state index in [1.165, 1.54) is 5.56 Å². The Labute approximate surface area is 249 Å². The Balaban J connectivity index is 0.877. The molecule has 1 unspecified atom stereocenters. The predicted octanol–water partition coefficient (Wildman–Crippen LogP) is 2.27. The molecule has 4 fully saturated rings. The zero-order chi connectivity index (χ0) is 29.1. The lowest BCUT2D eigenvalue weighted by Gasteiger charge is -2.29. The average Bonchev–Trinajstić information content (AvgIpc) is 3.78. The molecule has 0 saturated carbocycles. The molecule has 8 rings (SSSR count). The van der Waals surface area contributed by atoms with E-state index in [2.05, 4.69) is 38.3 Å². The van der Waals surface area contributed by atoms with Gasteiger partial charge in [-0.1, -0.05) is 6.07 Å². The summed E-state index contributed by atoms with van der Waals surface area (Å²) < 4.78 is 12.2.